The van der Waals surface area contributed by atoms with Gasteiger partial charge in [0.05, 0.1) is 12.7 Å². The maximum Gasteiger partial charge on any atom is 0.223 e. The number of carbonyl (C=O) groups excluding carboxylic acids is 2. The molecule has 0 bridgehead atoms. The molecule has 2 fully saturated rings. The number of aliphatic hydroxyl groups is 1. The molecule has 3 aliphatic rings. The van der Waals surface area contributed by atoms with E-state index >= 15 is 4.39 Å². The van der Waals surface area contributed by atoms with Gasteiger partial charge >= 0.3 is 0 Å². The highest BCUT2D eigenvalue weighted by Crippen LogP contribution is 2.59. The average Bonchev–Trinajstić information content (AvgIpc) is 2.88. The SMILES string of the molecule is CC1CCC2CCC3=CC(=O)C=CC3(C)C2(F)C(O)CC(C)C1C(=O)NCCCOc1ccc(F)cc1. The Labute approximate surface area is 218 Å². The fourth-order valence-electron chi connectivity index (χ4n) is 6.88. The quantitative estimate of drug-likeness (QED) is 0.502. The normalized spacial score (nSPS) is 35.8. The fourth-order valence-corrected chi connectivity index (χ4v) is 6.88. The minimum atomic E-state index is -1.90. The first-order valence-electron chi connectivity index (χ1n) is 13.5. The molecule has 0 spiro atoms. The Balaban J connectivity index is 1.41. The van der Waals surface area contributed by atoms with Crippen molar-refractivity contribution >= 4 is 11.7 Å². The van der Waals surface area contributed by atoms with E-state index in [-0.39, 0.29) is 47.6 Å². The van der Waals surface area contributed by atoms with Crippen molar-refractivity contribution in [1.82, 2.24) is 5.32 Å². The van der Waals surface area contributed by atoms with E-state index in [4.69, 9.17) is 4.74 Å². The second-order valence-electron chi connectivity index (χ2n) is 11.4. The number of rotatable bonds is 6. The van der Waals surface area contributed by atoms with Crippen molar-refractivity contribution in [3.8, 4) is 5.75 Å². The molecule has 0 aliphatic heterocycles. The van der Waals surface area contributed by atoms with Crippen LogP contribution in [0.3, 0.4) is 0 Å². The molecule has 2 N–H and O–H groups in total. The molecule has 37 heavy (non-hydrogen) atoms. The molecule has 4 rings (SSSR count). The number of nitrogens with one attached hydrogen (secondary N) is 1. The monoisotopic (exact) mass is 515 g/mol. The predicted octanol–water partition coefficient (Wildman–Crippen LogP) is 5.33. The fraction of sp³-hybridized carbons (Fsp3) is 0.600. The number of ether oxygens (including phenoxy) is 1. The molecular weight excluding hydrogens is 476 g/mol. The van der Waals surface area contributed by atoms with Gasteiger partial charge in [-0.25, -0.2) is 8.78 Å². The maximum atomic E-state index is 17.2. The molecule has 1 aromatic rings. The minimum absolute atomic E-state index is 0.0354. The zero-order chi connectivity index (χ0) is 26.8. The third-order valence-electron chi connectivity index (χ3n) is 9.00. The molecule has 3 aliphatic carbocycles. The molecule has 2 saturated carbocycles. The highest BCUT2D eigenvalue weighted by atomic mass is 19.1. The van der Waals surface area contributed by atoms with E-state index in [1.54, 1.807) is 31.2 Å². The molecule has 7 heteroatoms. The molecular formula is C30H39F2NO4. The van der Waals surface area contributed by atoms with Gasteiger partial charge in [-0.2, -0.15) is 0 Å². The van der Waals surface area contributed by atoms with Crippen molar-refractivity contribution in [2.75, 3.05) is 13.2 Å². The first-order valence-corrected chi connectivity index (χ1v) is 13.5. The van der Waals surface area contributed by atoms with Gasteiger partial charge in [-0.15, -0.1) is 0 Å². The Morgan fingerprint density at radius 3 is 2.62 bits per heavy atom. The topological polar surface area (TPSA) is 75.6 Å². The van der Waals surface area contributed by atoms with Gasteiger partial charge < -0.3 is 15.2 Å². The van der Waals surface area contributed by atoms with Gasteiger partial charge in [-0.05, 0) is 99.6 Å². The van der Waals surface area contributed by atoms with Crippen molar-refractivity contribution in [1.29, 1.82) is 0 Å². The molecule has 7 unspecified atom stereocenters. The summed E-state index contributed by atoms with van der Waals surface area (Å²) in [4.78, 5) is 25.3. The number of ketones is 1. The number of allylic oxidation sites excluding steroid dienone is 4. The lowest BCUT2D eigenvalue weighted by molar-refractivity contribution is -0.133. The number of alkyl halides is 1. The summed E-state index contributed by atoms with van der Waals surface area (Å²) in [5.74, 6) is -0.837. The molecule has 0 heterocycles. The lowest BCUT2D eigenvalue weighted by Crippen LogP contribution is -2.59. The van der Waals surface area contributed by atoms with Gasteiger partial charge in [0.1, 0.15) is 11.6 Å². The molecule has 5 nitrogen and oxygen atoms in total. The van der Waals surface area contributed by atoms with Gasteiger partial charge in [0.25, 0.3) is 0 Å². The molecule has 7 atom stereocenters. The first-order chi connectivity index (χ1) is 17.6. The van der Waals surface area contributed by atoms with Crippen LogP contribution in [0, 0.1) is 34.9 Å². The number of aliphatic hydroxyl groups excluding tert-OH is 1. The third-order valence-corrected chi connectivity index (χ3v) is 9.00. The van der Waals surface area contributed by atoms with E-state index in [1.165, 1.54) is 18.2 Å². The summed E-state index contributed by atoms with van der Waals surface area (Å²) in [5.41, 5.74) is -2.17. The molecule has 202 valence electrons. The van der Waals surface area contributed by atoms with E-state index in [0.29, 0.717) is 51.0 Å². The largest absolute Gasteiger partial charge is 0.494 e. The van der Waals surface area contributed by atoms with Gasteiger partial charge in [0.15, 0.2) is 11.5 Å². The van der Waals surface area contributed by atoms with Crippen LogP contribution in [0.25, 0.3) is 0 Å². The second kappa shape index (κ2) is 11.1. The number of fused-ring (bicyclic) bond motifs is 3. The Kier molecular flexibility index (Phi) is 8.22. The Morgan fingerprint density at radius 1 is 1.16 bits per heavy atom. The van der Waals surface area contributed by atoms with E-state index in [9.17, 15) is 19.1 Å². The van der Waals surface area contributed by atoms with E-state index < -0.39 is 17.2 Å². The number of carbonyl (C=O) groups is 2. The summed E-state index contributed by atoms with van der Waals surface area (Å²) in [6.07, 6.45) is 6.65. The molecule has 1 amide bonds. The van der Waals surface area contributed by atoms with Gasteiger partial charge in [-0.3, -0.25) is 9.59 Å². The van der Waals surface area contributed by atoms with Crippen LogP contribution in [0.5, 0.6) is 5.75 Å². The van der Waals surface area contributed by atoms with Crippen LogP contribution in [0.1, 0.15) is 59.3 Å². The van der Waals surface area contributed by atoms with E-state index in [0.717, 1.165) is 5.57 Å². The Bertz CT molecular complexity index is 1050. The van der Waals surface area contributed by atoms with Gasteiger partial charge in [-0.1, -0.05) is 25.5 Å². The summed E-state index contributed by atoms with van der Waals surface area (Å²) in [6, 6.07) is 5.81. The highest BCUT2D eigenvalue weighted by Gasteiger charge is 2.62. The van der Waals surface area contributed by atoms with E-state index in [1.807, 2.05) is 13.8 Å². The van der Waals surface area contributed by atoms with Gasteiger partial charge in [0.2, 0.25) is 5.91 Å². The Hall–Kier alpha value is -2.54. The summed E-state index contributed by atoms with van der Waals surface area (Å²) in [7, 11) is 0. The smallest absolute Gasteiger partial charge is 0.223 e. The van der Waals surface area contributed by atoms with E-state index in [2.05, 4.69) is 5.32 Å². The van der Waals surface area contributed by atoms with Crippen LogP contribution in [-0.4, -0.2) is 41.7 Å². The summed E-state index contributed by atoms with van der Waals surface area (Å²) in [5, 5.41) is 14.4. The second-order valence-corrected chi connectivity index (χ2v) is 11.4. The molecule has 1 aromatic carbocycles. The predicted molar refractivity (Wildman–Crippen MR) is 138 cm³/mol. The number of hydrogen-bond acceptors (Lipinski definition) is 4. The van der Waals surface area contributed by atoms with Gasteiger partial charge in [0, 0.05) is 17.9 Å². The standard InChI is InChI=1S/C30H39F2NO4/c1-19-5-6-21-7-8-22-18-24(34)13-14-29(22,3)30(21,32)26(35)17-20(2)27(19)28(36)33-15-4-16-37-25-11-9-23(31)10-12-25/h9-14,18-21,26-27,35H,4-8,15-17H2,1-3H3,(H,33,36). The molecule has 0 aromatic heterocycles. The van der Waals surface area contributed by atoms with Crippen molar-refractivity contribution in [3.05, 3.63) is 53.9 Å². The van der Waals surface area contributed by atoms with Crippen LogP contribution >= 0.6 is 0 Å². The highest BCUT2D eigenvalue weighted by molar-refractivity contribution is 6.01. The first kappa shape index (κ1) is 27.5. The van der Waals surface area contributed by atoms with Crippen molar-refractivity contribution in [2.45, 2.75) is 71.1 Å². The van der Waals surface area contributed by atoms with Crippen molar-refractivity contribution in [2.24, 2.45) is 29.1 Å². The number of halogens is 2. The summed E-state index contributed by atoms with van der Waals surface area (Å²) in [6.45, 7) is 6.59. The number of amides is 1. The third kappa shape index (κ3) is 5.38. The Morgan fingerprint density at radius 2 is 1.89 bits per heavy atom. The number of benzene rings is 1. The average molecular weight is 516 g/mol. The lowest BCUT2D eigenvalue weighted by atomic mass is 9.53. The lowest BCUT2D eigenvalue weighted by Gasteiger charge is -2.54. The number of hydrogen-bond donors (Lipinski definition) is 2. The zero-order valence-corrected chi connectivity index (χ0v) is 22.0. The van der Waals surface area contributed by atoms with Crippen LogP contribution in [0.15, 0.2) is 48.1 Å². The van der Waals surface area contributed by atoms with Crippen LogP contribution < -0.4 is 10.1 Å². The summed E-state index contributed by atoms with van der Waals surface area (Å²) >= 11 is 0. The van der Waals surface area contributed by atoms with Crippen molar-refractivity contribution in [3.63, 3.8) is 0 Å². The minimum Gasteiger partial charge on any atom is -0.494 e. The molecule has 0 saturated heterocycles. The van der Waals surface area contributed by atoms with Crippen LogP contribution in [0.4, 0.5) is 8.78 Å². The van der Waals surface area contributed by atoms with Crippen LogP contribution in [-0.2, 0) is 9.59 Å². The maximum absolute atomic E-state index is 17.2. The van der Waals surface area contributed by atoms with Crippen LogP contribution in [0.2, 0.25) is 0 Å². The molecule has 0 radical (unpaired) electrons. The summed E-state index contributed by atoms with van der Waals surface area (Å²) < 4.78 is 35.8. The zero-order valence-electron chi connectivity index (χ0n) is 22.0. The van der Waals surface area contributed by atoms with Crippen molar-refractivity contribution < 1.29 is 28.2 Å².